The van der Waals surface area contributed by atoms with E-state index in [1.54, 1.807) is 15.3 Å². The molecule has 1 N–H and O–H groups in total. The van der Waals surface area contributed by atoms with Crippen LogP contribution in [0.15, 0.2) is 41.0 Å². The molecule has 0 spiro atoms. The molecule has 162 valence electrons. The van der Waals surface area contributed by atoms with Crippen LogP contribution in [-0.2, 0) is 13.6 Å². The Kier molecular flexibility index (Phi) is 5.11. The van der Waals surface area contributed by atoms with E-state index in [1.807, 2.05) is 37.6 Å². The Bertz CT molecular complexity index is 1200. The van der Waals surface area contributed by atoms with E-state index in [0.29, 0.717) is 18.2 Å². The number of hydrogen-bond donors (Lipinski definition) is 1. The summed E-state index contributed by atoms with van der Waals surface area (Å²) in [7, 11) is 3.98. The fourth-order valence-electron chi connectivity index (χ4n) is 4.79. The van der Waals surface area contributed by atoms with Gasteiger partial charge in [-0.2, -0.15) is 5.10 Å². The zero-order valence-electron chi connectivity index (χ0n) is 18.0. The van der Waals surface area contributed by atoms with Crippen LogP contribution in [0.1, 0.15) is 18.7 Å². The molecule has 0 atom stereocenters. The Balaban J connectivity index is 1.45. The molecule has 3 aromatic rings. The van der Waals surface area contributed by atoms with Crippen molar-refractivity contribution in [1.82, 2.24) is 29.1 Å². The summed E-state index contributed by atoms with van der Waals surface area (Å²) in [5.41, 5.74) is 3.71. The smallest absolute Gasteiger partial charge is 0.258 e. The van der Waals surface area contributed by atoms with Crippen LogP contribution >= 0.6 is 0 Å². The largest absolute Gasteiger partial charge is 0.395 e. The normalized spacial score (nSPS) is 17.8. The number of β-amino-alcohol motifs (C(OH)–C–C–N with tert-alkyl or cyclic N) is 1. The maximum atomic E-state index is 13.0. The molecule has 0 bridgehead atoms. The topological polar surface area (TPSA) is 79.4 Å². The van der Waals surface area contributed by atoms with E-state index in [0.717, 1.165) is 54.8 Å². The number of aromatic nitrogens is 4. The van der Waals surface area contributed by atoms with Gasteiger partial charge in [0.05, 0.1) is 24.4 Å². The summed E-state index contributed by atoms with van der Waals surface area (Å²) < 4.78 is 3.50. The van der Waals surface area contributed by atoms with E-state index in [4.69, 9.17) is 10.1 Å². The average Bonchev–Trinajstić information content (AvgIpc) is 3.13. The van der Waals surface area contributed by atoms with Gasteiger partial charge in [0.15, 0.2) is 0 Å². The SMILES string of the molecule is CN1Cc2nc(-c3ccc4nn(C)cc4c3)cc(=O)n2C=C1C1CCN(CCO)CC1. The van der Waals surface area contributed by atoms with Crippen molar-refractivity contribution in [3.63, 3.8) is 0 Å². The Hall–Kier alpha value is -2.97. The third-order valence-corrected chi connectivity index (χ3v) is 6.44. The highest BCUT2D eigenvalue weighted by molar-refractivity contribution is 5.83. The molecule has 8 nitrogen and oxygen atoms in total. The second kappa shape index (κ2) is 7.94. The number of allylic oxidation sites excluding steroid dienone is 1. The number of fused-ring (bicyclic) bond motifs is 2. The van der Waals surface area contributed by atoms with Crippen LogP contribution in [-0.4, -0.2) is 67.5 Å². The molecule has 0 unspecified atom stereocenters. The minimum Gasteiger partial charge on any atom is -0.395 e. The van der Waals surface area contributed by atoms with Crippen LogP contribution < -0.4 is 5.56 Å². The fraction of sp³-hybridized carbons (Fsp3) is 0.435. The van der Waals surface area contributed by atoms with Crippen LogP contribution in [0.3, 0.4) is 0 Å². The third-order valence-electron chi connectivity index (χ3n) is 6.44. The monoisotopic (exact) mass is 420 g/mol. The Morgan fingerprint density at radius 2 is 1.97 bits per heavy atom. The van der Waals surface area contributed by atoms with Crippen LogP contribution in [0.4, 0.5) is 0 Å². The Morgan fingerprint density at radius 3 is 2.74 bits per heavy atom. The highest BCUT2D eigenvalue weighted by Gasteiger charge is 2.27. The van der Waals surface area contributed by atoms with Crippen LogP contribution in [0.25, 0.3) is 28.4 Å². The lowest BCUT2D eigenvalue weighted by Gasteiger charge is -2.38. The Labute approximate surface area is 181 Å². The lowest BCUT2D eigenvalue weighted by Crippen LogP contribution is -2.40. The second-order valence-corrected chi connectivity index (χ2v) is 8.59. The van der Waals surface area contributed by atoms with Gasteiger partial charge in [0.2, 0.25) is 0 Å². The van der Waals surface area contributed by atoms with Crippen LogP contribution in [0.5, 0.6) is 0 Å². The molecule has 0 saturated carbocycles. The fourth-order valence-corrected chi connectivity index (χ4v) is 4.79. The first kappa shape index (κ1) is 20.0. The highest BCUT2D eigenvalue weighted by Crippen LogP contribution is 2.30. The van der Waals surface area contributed by atoms with Crippen molar-refractivity contribution in [3.8, 4) is 11.3 Å². The molecule has 5 rings (SSSR count). The summed E-state index contributed by atoms with van der Waals surface area (Å²) in [6.07, 6.45) is 6.03. The number of rotatable bonds is 4. The molecule has 0 aliphatic carbocycles. The summed E-state index contributed by atoms with van der Waals surface area (Å²) in [4.78, 5) is 22.4. The molecule has 2 aliphatic heterocycles. The molecule has 8 heteroatoms. The zero-order valence-corrected chi connectivity index (χ0v) is 18.0. The Morgan fingerprint density at radius 1 is 1.16 bits per heavy atom. The van der Waals surface area contributed by atoms with E-state index in [-0.39, 0.29) is 12.2 Å². The molecular formula is C23H28N6O2. The number of benzene rings is 1. The predicted molar refractivity (Wildman–Crippen MR) is 120 cm³/mol. The summed E-state index contributed by atoms with van der Waals surface area (Å²) >= 11 is 0. The molecule has 31 heavy (non-hydrogen) atoms. The second-order valence-electron chi connectivity index (χ2n) is 8.59. The molecule has 1 aromatic carbocycles. The van der Waals surface area contributed by atoms with Gasteiger partial charge in [-0.1, -0.05) is 6.07 Å². The number of aliphatic hydroxyl groups is 1. The van der Waals surface area contributed by atoms with Crippen molar-refractivity contribution in [2.75, 3.05) is 33.3 Å². The van der Waals surface area contributed by atoms with Gasteiger partial charge in [-0.05, 0) is 38.1 Å². The minimum atomic E-state index is -0.0467. The van der Waals surface area contributed by atoms with Gasteiger partial charge in [-0.25, -0.2) is 4.98 Å². The molecule has 1 saturated heterocycles. The number of nitrogens with zero attached hydrogens (tertiary/aromatic N) is 6. The number of aliphatic hydroxyl groups excluding tert-OH is 1. The van der Waals surface area contributed by atoms with Crippen LogP contribution in [0, 0.1) is 5.92 Å². The first-order valence-corrected chi connectivity index (χ1v) is 10.8. The summed E-state index contributed by atoms with van der Waals surface area (Å²) in [6.45, 7) is 3.51. The van der Waals surface area contributed by atoms with E-state index in [1.165, 1.54) is 5.70 Å². The van der Waals surface area contributed by atoms with E-state index in [9.17, 15) is 4.79 Å². The van der Waals surface area contributed by atoms with Gasteiger partial charge in [0, 0.05) is 61.7 Å². The van der Waals surface area contributed by atoms with Gasteiger partial charge in [-0.3, -0.25) is 14.0 Å². The van der Waals surface area contributed by atoms with Gasteiger partial charge in [0.25, 0.3) is 5.56 Å². The molecular weight excluding hydrogens is 392 g/mol. The van der Waals surface area contributed by atoms with Crippen molar-refractivity contribution < 1.29 is 5.11 Å². The number of aryl methyl sites for hydroxylation is 1. The van der Waals surface area contributed by atoms with Gasteiger partial charge in [-0.15, -0.1) is 0 Å². The van der Waals surface area contributed by atoms with E-state index < -0.39 is 0 Å². The summed E-state index contributed by atoms with van der Waals surface area (Å²) in [6, 6.07) is 7.61. The number of piperidine rings is 1. The molecule has 4 heterocycles. The lowest BCUT2D eigenvalue weighted by molar-refractivity contribution is 0.146. The van der Waals surface area contributed by atoms with Crippen molar-refractivity contribution in [3.05, 3.63) is 52.3 Å². The molecule has 0 radical (unpaired) electrons. The van der Waals surface area contributed by atoms with Gasteiger partial charge in [0.1, 0.15) is 5.82 Å². The number of likely N-dealkylation sites (tertiary alicyclic amines) is 1. The number of hydrogen-bond acceptors (Lipinski definition) is 6. The molecule has 1 fully saturated rings. The maximum absolute atomic E-state index is 13.0. The first-order chi connectivity index (χ1) is 15.0. The van der Waals surface area contributed by atoms with Crippen molar-refractivity contribution >= 4 is 17.1 Å². The van der Waals surface area contributed by atoms with Gasteiger partial charge < -0.3 is 14.9 Å². The highest BCUT2D eigenvalue weighted by atomic mass is 16.3. The van der Waals surface area contributed by atoms with Crippen molar-refractivity contribution in [1.29, 1.82) is 0 Å². The average molecular weight is 421 g/mol. The van der Waals surface area contributed by atoms with Crippen molar-refractivity contribution in [2.24, 2.45) is 13.0 Å². The third kappa shape index (κ3) is 3.77. The molecule has 2 aromatic heterocycles. The standard InChI is InChI=1S/C23H28N6O2/c1-26-15-22-24-20(17-3-4-19-18(11-17)13-27(2)25-19)12-23(31)29(22)14-21(26)16-5-7-28(8-6-16)9-10-30/h3-4,11-14,16,30H,5-10,15H2,1-2H3. The lowest BCUT2D eigenvalue weighted by atomic mass is 9.92. The molecule has 2 aliphatic rings. The predicted octanol–water partition coefficient (Wildman–Crippen LogP) is 1.75. The van der Waals surface area contributed by atoms with Crippen LogP contribution in [0.2, 0.25) is 0 Å². The van der Waals surface area contributed by atoms with E-state index >= 15 is 0 Å². The maximum Gasteiger partial charge on any atom is 0.258 e. The first-order valence-electron chi connectivity index (χ1n) is 10.8. The summed E-state index contributed by atoms with van der Waals surface area (Å²) in [5, 5.41) is 14.6. The van der Waals surface area contributed by atoms with Crippen molar-refractivity contribution in [2.45, 2.75) is 19.4 Å². The minimum absolute atomic E-state index is 0.0467. The quantitative estimate of drug-likeness (QED) is 0.693. The van der Waals surface area contributed by atoms with Gasteiger partial charge >= 0.3 is 0 Å². The zero-order chi connectivity index (χ0) is 21.5. The van der Waals surface area contributed by atoms with E-state index in [2.05, 4.69) is 21.9 Å². The summed E-state index contributed by atoms with van der Waals surface area (Å²) in [5.74, 6) is 1.19. The molecule has 0 amide bonds.